The summed E-state index contributed by atoms with van der Waals surface area (Å²) in [6.45, 7) is 2.95. The van der Waals surface area contributed by atoms with Gasteiger partial charge in [-0.15, -0.1) is 0 Å². The lowest BCUT2D eigenvalue weighted by Gasteiger charge is -2.09. The summed E-state index contributed by atoms with van der Waals surface area (Å²) in [6, 6.07) is 19.3. The Hall–Kier alpha value is -2.65. The molecule has 0 spiro atoms. The summed E-state index contributed by atoms with van der Waals surface area (Å²) < 4.78 is 36.0. The molecule has 0 saturated carbocycles. The van der Waals surface area contributed by atoms with E-state index in [0.29, 0.717) is 34.1 Å². The van der Waals surface area contributed by atoms with Crippen LogP contribution in [0.3, 0.4) is 0 Å². The van der Waals surface area contributed by atoms with Crippen LogP contribution in [0.25, 0.3) is 10.2 Å². The minimum Gasteiger partial charge on any atom is -0.494 e. The molecule has 0 saturated heterocycles. The molecule has 0 amide bonds. The van der Waals surface area contributed by atoms with Crippen LogP contribution in [0.2, 0.25) is 5.02 Å². The van der Waals surface area contributed by atoms with Crippen molar-refractivity contribution in [2.75, 3.05) is 6.61 Å². The third-order valence-corrected chi connectivity index (χ3v) is 7.47. The largest absolute Gasteiger partial charge is 0.494 e. The molecule has 1 heterocycles. The highest BCUT2D eigenvalue weighted by Gasteiger charge is 2.17. The molecular formula is C23H21ClN2O4S2. The second kappa shape index (κ2) is 9.46. The summed E-state index contributed by atoms with van der Waals surface area (Å²) in [5.41, 5.74) is 2.42. The fourth-order valence-electron chi connectivity index (χ4n) is 3.31. The van der Waals surface area contributed by atoms with Crippen molar-refractivity contribution >= 4 is 43.2 Å². The number of fused-ring (bicyclic) bond motifs is 1. The smallest absolute Gasteiger partial charge is 0.308 e. The molecule has 3 aromatic carbocycles. The van der Waals surface area contributed by atoms with Gasteiger partial charge in [0.25, 0.3) is 0 Å². The van der Waals surface area contributed by atoms with E-state index in [1.54, 1.807) is 34.9 Å². The van der Waals surface area contributed by atoms with E-state index in [-0.39, 0.29) is 16.3 Å². The van der Waals surface area contributed by atoms with Gasteiger partial charge in [0.1, 0.15) is 5.75 Å². The fourth-order valence-corrected chi connectivity index (χ4v) is 5.48. The zero-order chi connectivity index (χ0) is 22.7. The number of sulfonamides is 1. The summed E-state index contributed by atoms with van der Waals surface area (Å²) in [5.74, 6) is 0.692. The first-order valence-electron chi connectivity index (χ1n) is 9.95. The van der Waals surface area contributed by atoms with E-state index in [4.69, 9.17) is 16.3 Å². The van der Waals surface area contributed by atoms with E-state index in [2.05, 4.69) is 4.72 Å². The average Bonchev–Trinajstić information content (AvgIpc) is 3.09. The summed E-state index contributed by atoms with van der Waals surface area (Å²) in [4.78, 5) is 12.5. The van der Waals surface area contributed by atoms with Gasteiger partial charge < -0.3 is 4.74 Å². The maximum atomic E-state index is 12.8. The standard InChI is InChI=1S/C23H21ClN2O4S2/c1-2-30-19-5-3-4-17(12-19)14-25-32(28,29)20-10-11-21-22(13-20)31-23(27)26(21)15-16-6-8-18(24)9-7-16/h3-13,25H,2,14-15H2,1H3. The minimum atomic E-state index is -3.75. The number of hydrogen-bond donors (Lipinski definition) is 1. The van der Waals surface area contributed by atoms with Gasteiger partial charge in [0.2, 0.25) is 10.0 Å². The fraction of sp³-hybridized carbons (Fsp3) is 0.174. The number of aromatic nitrogens is 1. The Kier molecular flexibility index (Phi) is 6.66. The lowest BCUT2D eigenvalue weighted by molar-refractivity contribution is 0.340. The van der Waals surface area contributed by atoms with Gasteiger partial charge in [0.15, 0.2) is 0 Å². The quantitative estimate of drug-likeness (QED) is 0.392. The van der Waals surface area contributed by atoms with Crippen molar-refractivity contribution in [1.82, 2.24) is 9.29 Å². The van der Waals surface area contributed by atoms with Gasteiger partial charge in [-0.3, -0.25) is 9.36 Å². The molecule has 6 nitrogen and oxygen atoms in total. The molecule has 0 radical (unpaired) electrons. The Morgan fingerprint density at radius 2 is 1.81 bits per heavy atom. The first-order valence-corrected chi connectivity index (χ1v) is 12.6. The van der Waals surface area contributed by atoms with Crippen molar-refractivity contribution in [2.24, 2.45) is 0 Å². The Labute approximate surface area is 195 Å². The van der Waals surface area contributed by atoms with Crippen LogP contribution >= 0.6 is 22.9 Å². The summed E-state index contributed by atoms with van der Waals surface area (Å²) >= 11 is 6.96. The Bertz CT molecular complexity index is 1410. The highest BCUT2D eigenvalue weighted by Crippen LogP contribution is 2.23. The Balaban J connectivity index is 1.56. The molecule has 0 unspecified atom stereocenters. The third kappa shape index (κ3) is 5.05. The van der Waals surface area contributed by atoms with Crippen molar-refractivity contribution in [3.05, 3.63) is 92.5 Å². The van der Waals surface area contributed by atoms with Crippen molar-refractivity contribution in [3.8, 4) is 5.75 Å². The number of hydrogen-bond acceptors (Lipinski definition) is 5. The third-order valence-electron chi connectivity index (χ3n) is 4.88. The van der Waals surface area contributed by atoms with Crippen LogP contribution in [-0.2, 0) is 23.1 Å². The van der Waals surface area contributed by atoms with Crippen LogP contribution < -0.4 is 14.3 Å². The predicted octanol–water partition coefficient (Wildman–Crippen LogP) is 4.64. The zero-order valence-electron chi connectivity index (χ0n) is 17.2. The maximum Gasteiger partial charge on any atom is 0.308 e. The summed E-state index contributed by atoms with van der Waals surface area (Å²) in [6.07, 6.45) is 0. The van der Waals surface area contributed by atoms with E-state index in [9.17, 15) is 13.2 Å². The molecule has 9 heteroatoms. The Morgan fingerprint density at radius 3 is 2.56 bits per heavy atom. The number of halogens is 1. The van der Waals surface area contributed by atoms with Crippen LogP contribution in [0.5, 0.6) is 5.75 Å². The molecule has 0 aliphatic heterocycles. The van der Waals surface area contributed by atoms with E-state index in [0.717, 1.165) is 22.5 Å². The number of rotatable bonds is 8. The molecule has 166 valence electrons. The normalized spacial score (nSPS) is 11.7. The second-order valence-electron chi connectivity index (χ2n) is 7.12. The molecule has 1 N–H and O–H groups in total. The van der Waals surface area contributed by atoms with Crippen LogP contribution in [-0.4, -0.2) is 19.6 Å². The molecule has 4 rings (SSSR count). The molecule has 4 aromatic rings. The van der Waals surface area contributed by atoms with Gasteiger partial charge in [0, 0.05) is 11.6 Å². The van der Waals surface area contributed by atoms with Gasteiger partial charge in [-0.25, -0.2) is 13.1 Å². The monoisotopic (exact) mass is 488 g/mol. The number of ether oxygens (including phenoxy) is 1. The van der Waals surface area contributed by atoms with E-state index in [1.165, 1.54) is 6.07 Å². The predicted molar refractivity (Wildman–Crippen MR) is 128 cm³/mol. The topological polar surface area (TPSA) is 77.4 Å². The van der Waals surface area contributed by atoms with Gasteiger partial charge in [-0.2, -0.15) is 0 Å². The van der Waals surface area contributed by atoms with Gasteiger partial charge in [-0.05, 0) is 60.5 Å². The summed E-state index contributed by atoms with van der Waals surface area (Å²) in [7, 11) is -3.75. The number of thiazole rings is 1. The lowest BCUT2D eigenvalue weighted by Crippen LogP contribution is -2.23. The van der Waals surface area contributed by atoms with E-state index < -0.39 is 10.0 Å². The van der Waals surface area contributed by atoms with E-state index in [1.807, 2.05) is 37.3 Å². The zero-order valence-corrected chi connectivity index (χ0v) is 19.6. The van der Waals surface area contributed by atoms with Crippen molar-refractivity contribution in [1.29, 1.82) is 0 Å². The van der Waals surface area contributed by atoms with Crippen LogP contribution in [0, 0.1) is 0 Å². The number of benzene rings is 3. The van der Waals surface area contributed by atoms with Crippen LogP contribution in [0.15, 0.2) is 76.4 Å². The van der Waals surface area contributed by atoms with Crippen molar-refractivity contribution in [3.63, 3.8) is 0 Å². The molecular weight excluding hydrogens is 468 g/mol. The highest BCUT2D eigenvalue weighted by molar-refractivity contribution is 7.89. The maximum absolute atomic E-state index is 12.8. The lowest BCUT2D eigenvalue weighted by atomic mass is 10.2. The Morgan fingerprint density at radius 1 is 1.03 bits per heavy atom. The molecule has 1 aromatic heterocycles. The van der Waals surface area contributed by atoms with Crippen molar-refractivity contribution < 1.29 is 13.2 Å². The van der Waals surface area contributed by atoms with Crippen molar-refractivity contribution in [2.45, 2.75) is 24.9 Å². The molecule has 0 aliphatic carbocycles. The summed E-state index contributed by atoms with van der Waals surface area (Å²) in [5, 5.41) is 0.628. The first-order chi connectivity index (χ1) is 15.4. The number of nitrogens with zero attached hydrogens (tertiary/aromatic N) is 1. The first kappa shape index (κ1) is 22.5. The molecule has 0 atom stereocenters. The van der Waals surface area contributed by atoms with Gasteiger partial charge >= 0.3 is 4.87 Å². The SMILES string of the molecule is CCOc1cccc(CNS(=O)(=O)c2ccc3c(c2)sc(=O)n3Cc2ccc(Cl)cc2)c1. The van der Waals surface area contributed by atoms with Crippen LogP contribution in [0.4, 0.5) is 0 Å². The average molecular weight is 489 g/mol. The number of nitrogens with one attached hydrogen (secondary N) is 1. The highest BCUT2D eigenvalue weighted by atomic mass is 35.5. The molecule has 0 fully saturated rings. The molecule has 0 aliphatic rings. The van der Waals surface area contributed by atoms with Crippen LogP contribution in [0.1, 0.15) is 18.1 Å². The molecule has 32 heavy (non-hydrogen) atoms. The van der Waals surface area contributed by atoms with Gasteiger partial charge in [0.05, 0.1) is 28.3 Å². The minimum absolute atomic E-state index is 0.117. The second-order valence-corrected chi connectivity index (χ2v) is 10.3. The van der Waals surface area contributed by atoms with E-state index >= 15 is 0 Å². The van der Waals surface area contributed by atoms with Gasteiger partial charge in [-0.1, -0.05) is 47.2 Å². The molecule has 0 bridgehead atoms.